The van der Waals surface area contributed by atoms with Gasteiger partial charge in [0.05, 0.1) is 18.0 Å². The number of hydrogen-bond donors (Lipinski definition) is 5. The standard InChI is InChI=1S/C26H45NO6S.H3N/c1-16(4-7-23(30)27-12-13-34(31,32)33)19-5-6-20-24-21(9-11-26(19,20)3)25(2)10-8-18(28)14-17(25)15-22(24)29;/h16-22,24,28-29H,4-15H2,1-3H3,(H,27,30)(H,31,32,33);1H3/t16-,17?,18-,19-,20?,21?,22+,24?,25+,26-;/m1./s1. The second-order valence-electron chi connectivity index (χ2n) is 12.6. The lowest BCUT2D eigenvalue weighted by atomic mass is 9.43. The molecular weight excluding hydrogens is 468 g/mol. The number of carbonyl (C=O) groups excluding carboxylic acids is 1. The molecule has 4 fully saturated rings. The maximum Gasteiger partial charge on any atom is 0.266 e. The molecule has 0 saturated heterocycles. The van der Waals surface area contributed by atoms with Crippen LogP contribution in [0, 0.1) is 46.3 Å². The van der Waals surface area contributed by atoms with Crippen molar-refractivity contribution in [3.63, 3.8) is 0 Å². The smallest absolute Gasteiger partial charge is 0.266 e. The molecule has 4 rings (SSSR count). The molecule has 0 heterocycles. The van der Waals surface area contributed by atoms with Crippen LogP contribution < -0.4 is 11.5 Å². The molecule has 35 heavy (non-hydrogen) atoms. The normalized spacial score (nSPS) is 43.8. The minimum Gasteiger partial charge on any atom is -0.393 e. The monoisotopic (exact) mass is 516 g/mol. The molecule has 4 unspecified atom stereocenters. The lowest BCUT2D eigenvalue weighted by molar-refractivity contribution is -0.174. The zero-order chi connectivity index (χ0) is 24.9. The van der Waals surface area contributed by atoms with Crippen molar-refractivity contribution in [2.75, 3.05) is 12.3 Å². The van der Waals surface area contributed by atoms with Crippen LogP contribution in [0.4, 0.5) is 0 Å². The van der Waals surface area contributed by atoms with Crippen LogP contribution in [0.5, 0.6) is 0 Å². The fraction of sp³-hybridized carbons (Fsp3) is 0.962. The maximum atomic E-state index is 12.2. The second kappa shape index (κ2) is 10.6. The number of fused-ring (bicyclic) bond motifs is 5. The van der Waals surface area contributed by atoms with E-state index in [1.54, 1.807) is 0 Å². The highest BCUT2D eigenvalue weighted by atomic mass is 32.2. The van der Waals surface area contributed by atoms with Crippen LogP contribution in [-0.2, 0) is 14.9 Å². The average molecular weight is 517 g/mol. The lowest BCUT2D eigenvalue weighted by Crippen LogP contribution is -2.58. The summed E-state index contributed by atoms with van der Waals surface area (Å²) in [5.41, 5.74) is 0.411. The molecule has 4 aliphatic carbocycles. The predicted molar refractivity (Wildman–Crippen MR) is 135 cm³/mol. The highest BCUT2D eigenvalue weighted by Gasteiger charge is 2.62. The van der Waals surface area contributed by atoms with E-state index in [4.69, 9.17) is 4.55 Å². The van der Waals surface area contributed by atoms with Gasteiger partial charge in [-0.2, -0.15) is 8.42 Å². The van der Waals surface area contributed by atoms with E-state index in [0.717, 1.165) is 51.4 Å². The zero-order valence-corrected chi connectivity index (χ0v) is 22.6. The Morgan fingerprint density at radius 1 is 1.03 bits per heavy atom. The largest absolute Gasteiger partial charge is 0.393 e. The molecular formula is C26H48N2O6S. The van der Waals surface area contributed by atoms with Crippen LogP contribution in [0.1, 0.15) is 85.0 Å². The Hall–Kier alpha value is -0.740. The van der Waals surface area contributed by atoms with E-state index < -0.39 is 15.9 Å². The van der Waals surface area contributed by atoms with Crippen molar-refractivity contribution in [2.45, 2.75) is 97.2 Å². The maximum absolute atomic E-state index is 12.2. The Bertz CT molecular complexity index is 868. The lowest BCUT2D eigenvalue weighted by Gasteiger charge is -2.62. The minimum absolute atomic E-state index is 0. The van der Waals surface area contributed by atoms with Crippen molar-refractivity contribution in [1.29, 1.82) is 0 Å². The Kier molecular flexibility index (Phi) is 8.69. The summed E-state index contributed by atoms with van der Waals surface area (Å²) in [6.45, 7) is 7.05. The molecule has 0 radical (unpaired) electrons. The van der Waals surface area contributed by atoms with Gasteiger partial charge in [-0.15, -0.1) is 0 Å². The fourth-order valence-corrected chi connectivity index (χ4v) is 9.50. The first-order chi connectivity index (χ1) is 15.8. The van der Waals surface area contributed by atoms with E-state index in [-0.39, 0.29) is 41.6 Å². The molecule has 1 amide bonds. The molecule has 9 heteroatoms. The SMILES string of the molecule is C[C@H](CCC(=O)NCCS(=O)(=O)O)[C@H]1CCC2C3C(CC[C@@]21C)[C@@]1(C)CC[C@@H](O)CC1C[C@@H]3O.N. The quantitative estimate of drug-likeness (QED) is 0.323. The Morgan fingerprint density at radius 3 is 2.37 bits per heavy atom. The molecule has 4 aliphatic rings. The van der Waals surface area contributed by atoms with Crippen molar-refractivity contribution in [3.05, 3.63) is 0 Å². The number of aliphatic hydroxyl groups excluding tert-OH is 2. The molecule has 8 nitrogen and oxygen atoms in total. The molecule has 4 saturated carbocycles. The van der Waals surface area contributed by atoms with Gasteiger partial charge in [-0.3, -0.25) is 9.35 Å². The van der Waals surface area contributed by atoms with Gasteiger partial charge in [-0.25, -0.2) is 0 Å². The van der Waals surface area contributed by atoms with Gasteiger partial charge in [-0.1, -0.05) is 20.8 Å². The van der Waals surface area contributed by atoms with Crippen LogP contribution in [0.2, 0.25) is 0 Å². The van der Waals surface area contributed by atoms with Crippen LogP contribution in [0.25, 0.3) is 0 Å². The topological polar surface area (TPSA) is 159 Å². The molecule has 0 aromatic carbocycles. The molecule has 0 bridgehead atoms. The minimum atomic E-state index is -4.06. The third kappa shape index (κ3) is 5.59. The first kappa shape index (κ1) is 28.8. The predicted octanol–water partition coefficient (Wildman–Crippen LogP) is 3.56. The van der Waals surface area contributed by atoms with Gasteiger partial charge in [0.1, 0.15) is 0 Å². The summed E-state index contributed by atoms with van der Waals surface area (Å²) >= 11 is 0. The molecule has 0 aromatic heterocycles. The van der Waals surface area contributed by atoms with Gasteiger partial charge in [0, 0.05) is 13.0 Å². The Morgan fingerprint density at radius 2 is 1.69 bits per heavy atom. The third-order valence-electron chi connectivity index (χ3n) is 10.9. The van der Waals surface area contributed by atoms with E-state index in [0.29, 0.717) is 41.9 Å². The number of nitrogens with one attached hydrogen (secondary N) is 1. The van der Waals surface area contributed by atoms with Gasteiger partial charge >= 0.3 is 0 Å². The first-order valence-electron chi connectivity index (χ1n) is 13.4. The summed E-state index contributed by atoms with van der Waals surface area (Å²) in [4.78, 5) is 12.2. The molecule has 7 N–H and O–H groups in total. The van der Waals surface area contributed by atoms with Gasteiger partial charge < -0.3 is 21.7 Å². The third-order valence-corrected chi connectivity index (χ3v) is 11.6. The number of hydrogen-bond acceptors (Lipinski definition) is 6. The summed E-state index contributed by atoms with van der Waals surface area (Å²) in [5, 5.41) is 24.2. The molecule has 10 atom stereocenters. The summed E-state index contributed by atoms with van der Waals surface area (Å²) < 4.78 is 30.5. The second-order valence-corrected chi connectivity index (χ2v) is 14.2. The fourth-order valence-electron chi connectivity index (χ4n) is 9.14. The summed E-state index contributed by atoms with van der Waals surface area (Å²) in [6.07, 6.45) is 8.87. The molecule has 0 aliphatic heterocycles. The van der Waals surface area contributed by atoms with Gasteiger partial charge in [0.2, 0.25) is 5.91 Å². The zero-order valence-electron chi connectivity index (χ0n) is 21.8. The Labute approximate surface area is 211 Å². The highest BCUT2D eigenvalue weighted by molar-refractivity contribution is 7.85. The number of amides is 1. The van der Waals surface area contributed by atoms with E-state index in [2.05, 4.69) is 26.1 Å². The Balaban J connectivity index is 0.00000342. The van der Waals surface area contributed by atoms with Crippen molar-refractivity contribution in [2.24, 2.45) is 46.3 Å². The van der Waals surface area contributed by atoms with Crippen LogP contribution in [-0.4, -0.2) is 53.6 Å². The van der Waals surface area contributed by atoms with Crippen molar-refractivity contribution in [1.82, 2.24) is 11.5 Å². The summed E-state index contributed by atoms with van der Waals surface area (Å²) in [7, 11) is -4.06. The molecule has 0 spiro atoms. The number of carbonyl (C=O) groups is 1. The van der Waals surface area contributed by atoms with Gasteiger partial charge in [0.15, 0.2) is 0 Å². The van der Waals surface area contributed by atoms with Crippen LogP contribution >= 0.6 is 0 Å². The van der Waals surface area contributed by atoms with E-state index in [1.165, 1.54) is 6.42 Å². The van der Waals surface area contributed by atoms with Crippen molar-refractivity contribution >= 4 is 16.0 Å². The highest BCUT2D eigenvalue weighted by Crippen LogP contribution is 2.68. The van der Waals surface area contributed by atoms with Crippen LogP contribution in [0.3, 0.4) is 0 Å². The number of aliphatic hydroxyl groups is 2. The van der Waals surface area contributed by atoms with E-state index in [1.807, 2.05) is 0 Å². The van der Waals surface area contributed by atoms with Crippen molar-refractivity contribution < 1.29 is 28.0 Å². The van der Waals surface area contributed by atoms with Crippen LogP contribution in [0.15, 0.2) is 0 Å². The van der Waals surface area contributed by atoms with E-state index in [9.17, 15) is 23.4 Å². The van der Waals surface area contributed by atoms with Gasteiger partial charge in [0.25, 0.3) is 10.1 Å². The number of rotatable bonds is 7. The molecule has 204 valence electrons. The van der Waals surface area contributed by atoms with E-state index >= 15 is 0 Å². The summed E-state index contributed by atoms with van der Waals surface area (Å²) in [5.74, 6) is 2.10. The summed E-state index contributed by atoms with van der Waals surface area (Å²) in [6, 6.07) is 0. The van der Waals surface area contributed by atoms with Crippen molar-refractivity contribution in [3.8, 4) is 0 Å². The first-order valence-corrected chi connectivity index (χ1v) is 15.0. The molecule has 0 aromatic rings. The van der Waals surface area contributed by atoms with Gasteiger partial charge in [-0.05, 0) is 104 Å². The average Bonchev–Trinajstić information content (AvgIpc) is 3.09.